The summed E-state index contributed by atoms with van der Waals surface area (Å²) < 4.78 is 5.64. The number of fused-ring (bicyclic) bond motifs is 1. The predicted octanol–water partition coefficient (Wildman–Crippen LogP) is 3.09. The fourth-order valence-electron chi connectivity index (χ4n) is 1.98. The average Bonchev–Trinajstić information content (AvgIpc) is 2.42. The normalized spacial score (nSPS) is 10.6. The number of para-hydroxylation sites is 1. The Kier molecular flexibility index (Phi) is 4.34. The second-order valence-electron chi connectivity index (χ2n) is 4.49. The maximum Gasteiger partial charge on any atom is 0.214 e. The van der Waals surface area contributed by atoms with Crippen LogP contribution in [0, 0.1) is 5.41 Å². The van der Waals surface area contributed by atoms with E-state index in [9.17, 15) is 0 Å². The molecule has 0 aliphatic carbocycles. The van der Waals surface area contributed by atoms with Crippen LogP contribution in [0.15, 0.2) is 30.3 Å². The second-order valence-corrected chi connectivity index (χ2v) is 4.49. The average molecular weight is 257 g/mol. The lowest BCUT2D eigenvalue weighted by Crippen LogP contribution is -2.12. The van der Waals surface area contributed by atoms with E-state index in [0.717, 1.165) is 30.2 Å². The van der Waals surface area contributed by atoms with Crippen LogP contribution in [0.4, 0.5) is 0 Å². The summed E-state index contributed by atoms with van der Waals surface area (Å²) >= 11 is 0. The molecule has 0 amide bonds. The number of amidine groups is 1. The maximum atomic E-state index is 7.65. The number of pyridine rings is 1. The van der Waals surface area contributed by atoms with E-state index in [4.69, 9.17) is 15.9 Å². The molecule has 0 aliphatic rings. The highest BCUT2D eigenvalue weighted by atomic mass is 16.5. The molecule has 3 N–H and O–H groups in total. The number of aromatic nitrogens is 1. The van der Waals surface area contributed by atoms with Crippen LogP contribution in [0.25, 0.3) is 10.9 Å². The molecule has 0 aliphatic heterocycles. The molecule has 2 rings (SSSR count). The molecular weight excluding hydrogens is 238 g/mol. The smallest absolute Gasteiger partial charge is 0.214 e. The lowest BCUT2D eigenvalue weighted by molar-refractivity contribution is 0.296. The van der Waals surface area contributed by atoms with Crippen molar-refractivity contribution in [3.8, 4) is 5.88 Å². The van der Waals surface area contributed by atoms with Crippen molar-refractivity contribution < 1.29 is 4.74 Å². The number of ether oxygens (including phenoxy) is 1. The van der Waals surface area contributed by atoms with Gasteiger partial charge >= 0.3 is 0 Å². The van der Waals surface area contributed by atoms with E-state index < -0.39 is 0 Å². The van der Waals surface area contributed by atoms with E-state index in [0.29, 0.717) is 18.1 Å². The van der Waals surface area contributed by atoms with Crippen molar-refractivity contribution in [2.75, 3.05) is 6.61 Å². The summed E-state index contributed by atoms with van der Waals surface area (Å²) in [6.07, 6.45) is 3.32. The van der Waals surface area contributed by atoms with E-state index in [2.05, 4.69) is 11.9 Å². The van der Waals surface area contributed by atoms with Gasteiger partial charge in [-0.3, -0.25) is 5.41 Å². The number of nitrogens with one attached hydrogen (secondary N) is 1. The Balaban J connectivity index is 2.27. The minimum atomic E-state index is 0.0389. The number of benzene rings is 1. The van der Waals surface area contributed by atoms with Crippen LogP contribution in [0.2, 0.25) is 0 Å². The molecule has 0 fully saturated rings. The van der Waals surface area contributed by atoms with Gasteiger partial charge in [-0.15, -0.1) is 0 Å². The van der Waals surface area contributed by atoms with Crippen LogP contribution in [0.5, 0.6) is 5.88 Å². The molecule has 2 aromatic rings. The Hall–Kier alpha value is -2.10. The molecule has 0 radical (unpaired) electrons. The first-order valence-corrected chi connectivity index (χ1v) is 6.59. The van der Waals surface area contributed by atoms with Crippen molar-refractivity contribution >= 4 is 16.7 Å². The van der Waals surface area contributed by atoms with E-state index >= 15 is 0 Å². The predicted molar refractivity (Wildman–Crippen MR) is 77.8 cm³/mol. The van der Waals surface area contributed by atoms with E-state index in [1.807, 2.05) is 24.3 Å². The van der Waals surface area contributed by atoms with Crippen LogP contribution >= 0.6 is 0 Å². The van der Waals surface area contributed by atoms with Crippen molar-refractivity contribution in [1.29, 1.82) is 5.41 Å². The second kappa shape index (κ2) is 6.18. The fourth-order valence-corrected chi connectivity index (χ4v) is 1.98. The molecule has 0 atom stereocenters. The molecular formula is C15H19N3O. The van der Waals surface area contributed by atoms with Crippen LogP contribution in [-0.4, -0.2) is 17.4 Å². The van der Waals surface area contributed by atoms with Gasteiger partial charge in [0.1, 0.15) is 5.84 Å². The van der Waals surface area contributed by atoms with Gasteiger partial charge in [-0.2, -0.15) is 0 Å². The number of nitrogens with zero attached hydrogens (tertiary/aromatic N) is 1. The standard InChI is InChI=1S/C15H19N3O/c1-2-3-6-9-19-14-10-12(15(16)17)11-7-4-5-8-13(11)18-14/h4-5,7-8,10H,2-3,6,9H2,1H3,(H3,16,17). The Morgan fingerprint density at radius 2 is 2.11 bits per heavy atom. The van der Waals surface area contributed by atoms with Crippen LogP contribution in [0.3, 0.4) is 0 Å². The summed E-state index contributed by atoms with van der Waals surface area (Å²) in [5, 5.41) is 8.54. The molecule has 0 saturated heterocycles. The van der Waals surface area contributed by atoms with Gasteiger partial charge in [-0.1, -0.05) is 38.0 Å². The Bertz CT molecular complexity index is 581. The monoisotopic (exact) mass is 257 g/mol. The molecule has 0 unspecified atom stereocenters. The van der Waals surface area contributed by atoms with Crippen LogP contribution < -0.4 is 10.5 Å². The van der Waals surface area contributed by atoms with E-state index in [1.165, 1.54) is 0 Å². The third-order valence-corrected chi connectivity index (χ3v) is 2.98. The Morgan fingerprint density at radius 1 is 1.32 bits per heavy atom. The molecule has 4 nitrogen and oxygen atoms in total. The van der Waals surface area contributed by atoms with Crippen LogP contribution in [0.1, 0.15) is 31.7 Å². The van der Waals surface area contributed by atoms with Gasteiger partial charge in [0.15, 0.2) is 0 Å². The number of unbranched alkanes of at least 4 members (excludes halogenated alkanes) is 2. The number of nitrogen functional groups attached to an aromatic ring is 1. The highest BCUT2D eigenvalue weighted by molar-refractivity contribution is 6.06. The van der Waals surface area contributed by atoms with Crippen molar-refractivity contribution in [3.63, 3.8) is 0 Å². The zero-order valence-corrected chi connectivity index (χ0v) is 11.1. The minimum absolute atomic E-state index is 0.0389. The van der Waals surface area contributed by atoms with Gasteiger partial charge in [0.2, 0.25) is 5.88 Å². The first-order valence-electron chi connectivity index (χ1n) is 6.59. The minimum Gasteiger partial charge on any atom is -0.478 e. The molecule has 100 valence electrons. The zero-order valence-electron chi connectivity index (χ0n) is 11.1. The Morgan fingerprint density at radius 3 is 2.84 bits per heavy atom. The number of hydrogen-bond acceptors (Lipinski definition) is 3. The maximum absolute atomic E-state index is 7.65. The lowest BCUT2D eigenvalue weighted by atomic mass is 10.1. The summed E-state index contributed by atoms with van der Waals surface area (Å²) in [4.78, 5) is 4.44. The summed E-state index contributed by atoms with van der Waals surface area (Å²) in [5.74, 6) is 0.581. The van der Waals surface area contributed by atoms with Gasteiger partial charge < -0.3 is 10.5 Å². The fraction of sp³-hybridized carbons (Fsp3) is 0.333. The summed E-state index contributed by atoms with van der Waals surface area (Å²) in [6, 6.07) is 9.40. The van der Waals surface area contributed by atoms with Gasteiger partial charge in [-0.25, -0.2) is 4.98 Å². The van der Waals surface area contributed by atoms with Gasteiger partial charge in [0, 0.05) is 17.0 Å². The molecule has 4 heteroatoms. The lowest BCUT2D eigenvalue weighted by Gasteiger charge is -2.09. The summed E-state index contributed by atoms with van der Waals surface area (Å²) in [6.45, 7) is 2.80. The van der Waals surface area contributed by atoms with Crippen molar-refractivity contribution in [3.05, 3.63) is 35.9 Å². The van der Waals surface area contributed by atoms with E-state index in [1.54, 1.807) is 6.07 Å². The first kappa shape index (κ1) is 13.3. The quantitative estimate of drug-likeness (QED) is 0.474. The van der Waals surface area contributed by atoms with Crippen molar-refractivity contribution in [2.45, 2.75) is 26.2 Å². The molecule has 0 bridgehead atoms. The molecule has 0 spiro atoms. The zero-order chi connectivity index (χ0) is 13.7. The summed E-state index contributed by atoms with van der Waals surface area (Å²) in [7, 11) is 0. The number of nitrogens with two attached hydrogens (primary N) is 1. The van der Waals surface area contributed by atoms with E-state index in [-0.39, 0.29) is 5.84 Å². The van der Waals surface area contributed by atoms with Crippen molar-refractivity contribution in [2.24, 2.45) is 5.73 Å². The first-order chi connectivity index (χ1) is 9.22. The summed E-state index contributed by atoms with van der Waals surface area (Å²) in [5.41, 5.74) is 7.11. The van der Waals surface area contributed by atoms with Gasteiger partial charge in [0.05, 0.1) is 12.1 Å². The molecule has 1 aromatic carbocycles. The third kappa shape index (κ3) is 3.22. The topological polar surface area (TPSA) is 72.0 Å². The van der Waals surface area contributed by atoms with Gasteiger partial charge in [-0.05, 0) is 12.5 Å². The Labute approximate surface area is 113 Å². The number of hydrogen-bond donors (Lipinski definition) is 2. The highest BCUT2D eigenvalue weighted by Gasteiger charge is 2.08. The molecule has 19 heavy (non-hydrogen) atoms. The van der Waals surface area contributed by atoms with Gasteiger partial charge in [0.25, 0.3) is 0 Å². The molecule has 1 heterocycles. The molecule has 0 saturated carbocycles. The largest absolute Gasteiger partial charge is 0.478 e. The third-order valence-electron chi connectivity index (χ3n) is 2.98. The SMILES string of the molecule is CCCCCOc1cc(C(=N)N)c2ccccc2n1. The number of rotatable bonds is 6. The highest BCUT2D eigenvalue weighted by Crippen LogP contribution is 2.21. The van der Waals surface area contributed by atoms with Crippen molar-refractivity contribution in [1.82, 2.24) is 4.98 Å². The van der Waals surface area contributed by atoms with Crippen LogP contribution in [-0.2, 0) is 0 Å². The molecule has 1 aromatic heterocycles.